The number of pyridine rings is 1. The molecular weight excluding hydrogens is 395 g/mol. The van der Waals surface area contributed by atoms with Crippen molar-refractivity contribution in [1.82, 2.24) is 20.1 Å². The maximum absolute atomic E-state index is 14.4. The van der Waals surface area contributed by atoms with E-state index >= 15 is 0 Å². The van der Waals surface area contributed by atoms with Gasteiger partial charge in [-0.1, -0.05) is 11.8 Å². The summed E-state index contributed by atoms with van der Waals surface area (Å²) in [5.74, 6) is 5.03. The van der Waals surface area contributed by atoms with Crippen molar-refractivity contribution in [2.75, 3.05) is 5.32 Å². The fourth-order valence-corrected chi connectivity index (χ4v) is 4.14. The van der Waals surface area contributed by atoms with Crippen molar-refractivity contribution in [3.63, 3.8) is 0 Å². The van der Waals surface area contributed by atoms with Gasteiger partial charge in [0, 0.05) is 34.3 Å². The van der Waals surface area contributed by atoms with Crippen molar-refractivity contribution in [3.05, 3.63) is 41.7 Å². The van der Waals surface area contributed by atoms with Gasteiger partial charge in [0.15, 0.2) is 0 Å². The standard InChI is InChI=1S/C21H14F3N5O/c22-21(23,24)20(5-3-11-1-2-11)15-8-14-13(7-16(15)27-19(30)28-20)10-29-18-12(9-26-29)4-6-25-17(14)18/h4,6-9,11H,1-2,10H2,(H2,27,28,30)/t20-/m0/s1. The molecule has 2 N–H and O–H groups in total. The number of hydrogen-bond acceptors (Lipinski definition) is 3. The number of nitrogens with zero attached hydrogens (tertiary/aromatic N) is 3. The predicted octanol–water partition coefficient (Wildman–Crippen LogP) is 3.77. The molecule has 2 aliphatic heterocycles. The lowest BCUT2D eigenvalue weighted by atomic mass is 9.83. The highest BCUT2D eigenvalue weighted by Gasteiger charge is 2.59. The highest BCUT2D eigenvalue weighted by Crippen LogP contribution is 2.47. The Morgan fingerprint density at radius 3 is 2.87 bits per heavy atom. The number of benzene rings is 1. The number of fused-ring (bicyclic) bond motifs is 3. The van der Waals surface area contributed by atoms with E-state index in [1.807, 2.05) is 6.07 Å². The van der Waals surface area contributed by atoms with Gasteiger partial charge in [0.2, 0.25) is 5.54 Å². The molecule has 3 aliphatic rings. The minimum atomic E-state index is -4.80. The van der Waals surface area contributed by atoms with E-state index in [1.165, 1.54) is 6.07 Å². The minimum Gasteiger partial charge on any atom is -0.310 e. The van der Waals surface area contributed by atoms with Gasteiger partial charge in [0.1, 0.15) is 0 Å². The average Bonchev–Trinajstić information content (AvgIpc) is 3.44. The SMILES string of the molecule is O=C1Nc2cc3c(cc2[C@@](C#CC2CC2)(C(F)(F)F)N1)-c1nccc2cnn(c12)C3. The molecule has 1 atom stereocenters. The van der Waals surface area contributed by atoms with Gasteiger partial charge < -0.3 is 10.6 Å². The van der Waals surface area contributed by atoms with Gasteiger partial charge >= 0.3 is 12.2 Å². The number of nitrogens with one attached hydrogen (secondary N) is 2. The number of halogens is 3. The third-order valence-corrected chi connectivity index (χ3v) is 5.79. The molecule has 4 heterocycles. The molecule has 1 saturated carbocycles. The molecule has 30 heavy (non-hydrogen) atoms. The van der Waals surface area contributed by atoms with Crippen molar-refractivity contribution in [2.45, 2.75) is 31.1 Å². The van der Waals surface area contributed by atoms with Crippen molar-refractivity contribution in [1.29, 1.82) is 0 Å². The monoisotopic (exact) mass is 409 g/mol. The normalized spacial score (nSPS) is 21.8. The van der Waals surface area contributed by atoms with Crippen LogP contribution in [0.5, 0.6) is 0 Å². The van der Waals surface area contributed by atoms with Crippen LogP contribution in [-0.2, 0) is 12.1 Å². The molecule has 2 aromatic heterocycles. The molecule has 0 saturated heterocycles. The van der Waals surface area contributed by atoms with Gasteiger partial charge in [-0.25, -0.2) is 4.79 Å². The van der Waals surface area contributed by atoms with Gasteiger partial charge in [0.25, 0.3) is 0 Å². The number of alkyl halides is 3. The Balaban J connectivity index is 1.63. The van der Waals surface area contributed by atoms with E-state index < -0.39 is 17.7 Å². The van der Waals surface area contributed by atoms with Crippen LogP contribution in [0.15, 0.2) is 30.6 Å². The molecule has 0 unspecified atom stereocenters. The van der Waals surface area contributed by atoms with Crippen LogP contribution >= 0.6 is 0 Å². The molecular formula is C21H14F3N5O. The molecule has 1 fully saturated rings. The molecule has 6 nitrogen and oxygen atoms in total. The topological polar surface area (TPSA) is 71.8 Å². The number of carbonyl (C=O) groups is 1. The number of rotatable bonds is 0. The van der Waals surface area contributed by atoms with Crippen LogP contribution in [0.25, 0.3) is 22.2 Å². The Hall–Kier alpha value is -3.54. The Labute approximate surface area is 168 Å². The lowest BCUT2D eigenvalue weighted by Crippen LogP contribution is -2.59. The highest BCUT2D eigenvalue weighted by molar-refractivity contribution is 5.98. The predicted molar refractivity (Wildman–Crippen MR) is 102 cm³/mol. The zero-order valence-corrected chi connectivity index (χ0v) is 15.5. The van der Waals surface area contributed by atoms with Crippen molar-refractivity contribution < 1.29 is 18.0 Å². The maximum Gasteiger partial charge on any atom is 0.427 e. The van der Waals surface area contributed by atoms with E-state index in [0.29, 0.717) is 17.8 Å². The summed E-state index contributed by atoms with van der Waals surface area (Å²) < 4.78 is 44.9. The molecule has 1 aliphatic carbocycles. The fourth-order valence-electron chi connectivity index (χ4n) is 4.14. The second-order valence-corrected chi connectivity index (χ2v) is 7.83. The second kappa shape index (κ2) is 5.53. The molecule has 0 radical (unpaired) electrons. The highest BCUT2D eigenvalue weighted by atomic mass is 19.4. The molecule has 1 aromatic carbocycles. The zero-order chi connectivity index (χ0) is 20.7. The van der Waals surface area contributed by atoms with Gasteiger partial charge in [-0.05, 0) is 36.6 Å². The molecule has 0 bridgehead atoms. The van der Waals surface area contributed by atoms with E-state index in [-0.39, 0.29) is 17.2 Å². The van der Waals surface area contributed by atoms with Gasteiger partial charge in [-0.2, -0.15) is 18.3 Å². The Morgan fingerprint density at radius 2 is 2.10 bits per heavy atom. The number of urea groups is 1. The first-order chi connectivity index (χ1) is 14.4. The summed E-state index contributed by atoms with van der Waals surface area (Å²) in [6.07, 6.45) is 0.0740. The quantitative estimate of drug-likeness (QED) is 0.435. The molecule has 3 aromatic rings. The lowest BCUT2D eigenvalue weighted by molar-refractivity contribution is -0.178. The summed E-state index contributed by atoms with van der Waals surface area (Å²) >= 11 is 0. The van der Waals surface area contributed by atoms with Gasteiger partial charge in [-0.3, -0.25) is 9.67 Å². The van der Waals surface area contributed by atoms with Crippen molar-refractivity contribution >= 4 is 22.6 Å². The molecule has 9 heteroatoms. The third kappa shape index (κ3) is 2.30. The van der Waals surface area contributed by atoms with Gasteiger partial charge in [0.05, 0.1) is 24.0 Å². The minimum absolute atomic E-state index is 0.0538. The van der Waals surface area contributed by atoms with E-state index in [0.717, 1.165) is 29.3 Å². The third-order valence-electron chi connectivity index (χ3n) is 5.79. The van der Waals surface area contributed by atoms with Gasteiger partial charge in [-0.15, -0.1) is 0 Å². The second-order valence-electron chi connectivity index (χ2n) is 7.83. The van der Waals surface area contributed by atoms with E-state index in [4.69, 9.17) is 0 Å². The number of hydrogen-bond donors (Lipinski definition) is 2. The van der Waals surface area contributed by atoms with Crippen LogP contribution in [0.4, 0.5) is 23.7 Å². The zero-order valence-electron chi connectivity index (χ0n) is 15.5. The van der Waals surface area contributed by atoms with Crippen LogP contribution in [-0.4, -0.2) is 27.0 Å². The van der Waals surface area contributed by atoms with E-state index in [2.05, 4.69) is 32.6 Å². The van der Waals surface area contributed by atoms with Crippen LogP contribution < -0.4 is 10.6 Å². The van der Waals surface area contributed by atoms with Crippen LogP contribution in [0.3, 0.4) is 0 Å². The largest absolute Gasteiger partial charge is 0.427 e. The molecule has 150 valence electrons. The van der Waals surface area contributed by atoms with Crippen LogP contribution in [0.2, 0.25) is 0 Å². The fraction of sp³-hybridized carbons (Fsp3) is 0.286. The summed E-state index contributed by atoms with van der Waals surface area (Å²) in [6.45, 7) is 0.376. The molecule has 2 amide bonds. The first-order valence-corrected chi connectivity index (χ1v) is 9.53. The van der Waals surface area contributed by atoms with E-state index in [1.54, 1.807) is 23.1 Å². The Bertz CT molecular complexity index is 1310. The van der Waals surface area contributed by atoms with Crippen molar-refractivity contribution in [3.8, 4) is 23.1 Å². The van der Waals surface area contributed by atoms with E-state index in [9.17, 15) is 18.0 Å². The lowest BCUT2D eigenvalue weighted by Gasteiger charge is -2.38. The van der Waals surface area contributed by atoms with Crippen LogP contribution in [0, 0.1) is 17.8 Å². The first kappa shape index (κ1) is 17.3. The smallest absolute Gasteiger partial charge is 0.310 e. The molecule has 6 rings (SSSR count). The first-order valence-electron chi connectivity index (χ1n) is 9.53. The molecule has 0 spiro atoms. The average molecular weight is 409 g/mol. The Kier molecular flexibility index (Phi) is 3.20. The number of amides is 2. The number of carbonyl (C=O) groups excluding carboxylic acids is 1. The summed E-state index contributed by atoms with van der Waals surface area (Å²) in [7, 11) is 0. The summed E-state index contributed by atoms with van der Waals surface area (Å²) in [5.41, 5.74) is -0.119. The summed E-state index contributed by atoms with van der Waals surface area (Å²) in [5, 5.41) is 9.80. The summed E-state index contributed by atoms with van der Waals surface area (Å²) in [6, 6.07) is 3.92. The Morgan fingerprint density at radius 1 is 1.27 bits per heavy atom. The van der Waals surface area contributed by atoms with Crippen LogP contribution in [0.1, 0.15) is 24.0 Å². The number of anilines is 1. The summed E-state index contributed by atoms with van der Waals surface area (Å²) in [4.78, 5) is 16.6. The van der Waals surface area contributed by atoms with Crippen molar-refractivity contribution in [2.24, 2.45) is 5.92 Å². The number of aromatic nitrogens is 3. The maximum atomic E-state index is 14.4.